The molecular weight excluding hydrogens is 180 g/mol. The van der Waals surface area contributed by atoms with Gasteiger partial charge in [-0.15, -0.1) is 10.2 Å². The summed E-state index contributed by atoms with van der Waals surface area (Å²) in [5.74, 6) is 1.20. The molecule has 0 unspecified atom stereocenters. The molecular formula is C9H12N4O. The molecule has 0 aliphatic heterocycles. The zero-order valence-corrected chi connectivity index (χ0v) is 7.97. The van der Waals surface area contributed by atoms with Crippen LogP contribution in [-0.2, 0) is 13.1 Å². The SMILES string of the molecule is Cc1nnc(Cn2ccc(CN)c2)o1. The van der Waals surface area contributed by atoms with Gasteiger partial charge in [-0.2, -0.15) is 0 Å². The van der Waals surface area contributed by atoms with Crippen molar-refractivity contribution in [3.8, 4) is 0 Å². The lowest BCUT2D eigenvalue weighted by Crippen LogP contribution is -1.98. The van der Waals surface area contributed by atoms with E-state index in [9.17, 15) is 0 Å². The molecule has 0 aromatic carbocycles. The van der Waals surface area contributed by atoms with Gasteiger partial charge in [0.2, 0.25) is 11.8 Å². The van der Waals surface area contributed by atoms with Crippen molar-refractivity contribution in [1.29, 1.82) is 0 Å². The molecule has 0 spiro atoms. The fraction of sp³-hybridized carbons (Fsp3) is 0.333. The van der Waals surface area contributed by atoms with Crippen LogP contribution < -0.4 is 5.73 Å². The number of rotatable bonds is 3. The first-order chi connectivity index (χ1) is 6.78. The van der Waals surface area contributed by atoms with Gasteiger partial charge in [-0.1, -0.05) is 0 Å². The number of nitrogens with zero attached hydrogens (tertiary/aromatic N) is 3. The van der Waals surface area contributed by atoms with Gasteiger partial charge in [-0.3, -0.25) is 0 Å². The van der Waals surface area contributed by atoms with Crippen LogP contribution in [0.3, 0.4) is 0 Å². The van der Waals surface area contributed by atoms with Gasteiger partial charge in [0.1, 0.15) is 6.54 Å². The van der Waals surface area contributed by atoms with Gasteiger partial charge in [-0.25, -0.2) is 0 Å². The van der Waals surface area contributed by atoms with Crippen LogP contribution in [0.15, 0.2) is 22.9 Å². The van der Waals surface area contributed by atoms with Crippen LogP contribution in [0.4, 0.5) is 0 Å². The van der Waals surface area contributed by atoms with Gasteiger partial charge >= 0.3 is 0 Å². The molecule has 0 saturated carbocycles. The summed E-state index contributed by atoms with van der Waals surface area (Å²) in [6.07, 6.45) is 3.92. The van der Waals surface area contributed by atoms with E-state index in [1.165, 1.54) is 0 Å². The fourth-order valence-electron chi connectivity index (χ4n) is 1.27. The van der Waals surface area contributed by atoms with E-state index in [4.69, 9.17) is 10.2 Å². The predicted octanol–water partition coefficient (Wildman–Crippen LogP) is 0.687. The summed E-state index contributed by atoms with van der Waals surface area (Å²) >= 11 is 0. The zero-order chi connectivity index (χ0) is 9.97. The second kappa shape index (κ2) is 3.63. The quantitative estimate of drug-likeness (QED) is 0.776. The van der Waals surface area contributed by atoms with Crippen molar-refractivity contribution in [1.82, 2.24) is 14.8 Å². The maximum absolute atomic E-state index is 5.50. The highest BCUT2D eigenvalue weighted by Crippen LogP contribution is 2.04. The minimum atomic E-state index is 0.551. The molecule has 2 N–H and O–H groups in total. The maximum Gasteiger partial charge on any atom is 0.236 e. The first-order valence-corrected chi connectivity index (χ1v) is 4.41. The van der Waals surface area contributed by atoms with E-state index in [0.29, 0.717) is 24.9 Å². The van der Waals surface area contributed by atoms with Crippen LogP contribution >= 0.6 is 0 Å². The molecule has 74 valence electrons. The van der Waals surface area contributed by atoms with Crippen LogP contribution in [0.25, 0.3) is 0 Å². The second-order valence-corrected chi connectivity index (χ2v) is 3.11. The smallest absolute Gasteiger partial charge is 0.236 e. The molecule has 0 amide bonds. The van der Waals surface area contributed by atoms with E-state index in [-0.39, 0.29) is 0 Å². The van der Waals surface area contributed by atoms with Crippen LogP contribution in [0.2, 0.25) is 0 Å². The molecule has 2 aromatic rings. The normalized spacial score (nSPS) is 10.7. The van der Waals surface area contributed by atoms with Gasteiger partial charge in [0.25, 0.3) is 0 Å². The lowest BCUT2D eigenvalue weighted by molar-refractivity contribution is 0.455. The Morgan fingerprint density at radius 2 is 2.36 bits per heavy atom. The maximum atomic E-state index is 5.50. The van der Waals surface area contributed by atoms with Crippen molar-refractivity contribution in [2.24, 2.45) is 5.73 Å². The molecule has 0 saturated heterocycles. The van der Waals surface area contributed by atoms with E-state index < -0.39 is 0 Å². The van der Waals surface area contributed by atoms with E-state index in [1.54, 1.807) is 6.92 Å². The number of nitrogens with two attached hydrogens (primary N) is 1. The van der Waals surface area contributed by atoms with Crippen molar-refractivity contribution < 1.29 is 4.42 Å². The lowest BCUT2D eigenvalue weighted by Gasteiger charge is -1.96. The molecule has 14 heavy (non-hydrogen) atoms. The third kappa shape index (κ3) is 1.82. The Morgan fingerprint density at radius 3 is 2.93 bits per heavy atom. The molecule has 2 heterocycles. The third-order valence-electron chi connectivity index (χ3n) is 1.93. The highest BCUT2D eigenvalue weighted by molar-refractivity contribution is 5.10. The molecule has 2 aromatic heterocycles. The second-order valence-electron chi connectivity index (χ2n) is 3.11. The Morgan fingerprint density at radius 1 is 1.50 bits per heavy atom. The van der Waals surface area contributed by atoms with Crippen LogP contribution in [0.5, 0.6) is 0 Å². The largest absolute Gasteiger partial charge is 0.424 e. The summed E-state index contributed by atoms with van der Waals surface area (Å²) in [5.41, 5.74) is 6.59. The number of hydrogen-bond acceptors (Lipinski definition) is 4. The summed E-state index contributed by atoms with van der Waals surface area (Å²) < 4.78 is 7.22. The summed E-state index contributed by atoms with van der Waals surface area (Å²) in [5, 5.41) is 7.66. The highest BCUT2D eigenvalue weighted by atomic mass is 16.4. The van der Waals surface area contributed by atoms with Crippen molar-refractivity contribution >= 4 is 0 Å². The summed E-state index contributed by atoms with van der Waals surface area (Å²) in [6, 6.07) is 1.98. The average Bonchev–Trinajstić information content (AvgIpc) is 2.76. The van der Waals surface area contributed by atoms with Crippen LogP contribution in [-0.4, -0.2) is 14.8 Å². The molecule has 5 nitrogen and oxygen atoms in total. The highest BCUT2D eigenvalue weighted by Gasteiger charge is 2.02. The standard InChI is InChI=1S/C9H12N4O/c1-7-11-12-9(14-7)6-13-3-2-8(4-10)5-13/h2-3,5H,4,6,10H2,1H3. The average molecular weight is 192 g/mol. The Kier molecular flexibility index (Phi) is 2.32. The van der Waals surface area contributed by atoms with Crippen molar-refractivity contribution in [3.63, 3.8) is 0 Å². The topological polar surface area (TPSA) is 69.9 Å². The number of hydrogen-bond donors (Lipinski definition) is 1. The van der Waals surface area contributed by atoms with Gasteiger partial charge in [0.15, 0.2) is 0 Å². The molecule has 0 atom stereocenters. The van der Waals surface area contributed by atoms with Crippen molar-refractivity contribution in [2.45, 2.75) is 20.0 Å². The van der Waals surface area contributed by atoms with Gasteiger partial charge in [0, 0.05) is 25.9 Å². The third-order valence-corrected chi connectivity index (χ3v) is 1.93. The van der Waals surface area contributed by atoms with Gasteiger partial charge in [-0.05, 0) is 11.6 Å². The van der Waals surface area contributed by atoms with Crippen molar-refractivity contribution in [3.05, 3.63) is 35.8 Å². The van der Waals surface area contributed by atoms with Crippen LogP contribution in [0, 0.1) is 6.92 Å². The molecule has 0 fully saturated rings. The van der Waals surface area contributed by atoms with E-state index in [2.05, 4.69) is 10.2 Å². The lowest BCUT2D eigenvalue weighted by atomic mass is 10.3. The molecule has 0 bridgehead atoms. The molecule has 2 rings (SSSR count). The minimum absolute atomic E-state index is 0.551. The first kappa shape index (κ1) is 8.96. The van der Waals surface area contributed by atoms with Crippen molar-refractivity contribution in [2.75, 3.05) is 0 Å². The molecule has 0 aliphatic rings. The zero-order valence-electron chi connectivity index (χ0n) is 7.97. The molecule has 0 radical (unpaired) electrons. The van der Waals surface area contributed by atoms with Gasteiger partial charge in [0.05, 0.1) is 0 Å². The Balaban J connectivity index is 2.10. The number of aryl methyl sites for hydroxylation is 1. The predicted molar refractivity (Wildman–Crippen MR) is 50.5 cm³/mol. The van der Waals surface area contributed by atoms with Crippen LogP contribution in [0.1, 0.15) is 17.3 Å². The van der Waals surface area contributed by atoms with E-state index in [1.807, 2.05) is 23.0 Å². The van der Waals surface area contributed by atoms with E-state index >= 15 is 0 Å². The monoisotopic (exact) mass is 192 g/mol. The summed E-state index contributed by atoms with van der Waals surface area (Å²) in [4.78, 5) is 0. The fourth-order valence-corrected chi connectivity index (χ4v) is 1.27. The van der Waals surface area contributed by atoms with Gasteiger partial charge < -0.3 is 14.7 Å². The summed E-state index contributed by atoms with van der Waals surface area (Å²) in [6.45, 7) is 2.92. The minimum Gasteiger partial charge on any atom is -0.424 e. The first-order valence-electron chi connectivity index (χ1n) is 4.41. The Bertz CT molecular complexity index is 418. The van der Waals surface area contributed by atoms with E-state index in [0.717, 1.165) is 5.56 Å². The molecule has 0 aliphatic carbocycles. The Labute approximate surface area is 81.5 Å². The molecule has 5 heteroatoms. The Hall–Kier alpha value is -1.62. The summed E-state index contributed by atoms with van der Waals surface area (Å²) in [7, 11) is 0. The number of aromatic nitrogens is 3.